The molecule has 1 N–H and O–H groups in total. The quantitative estimate of drug-likeness (QED) is 0.738. The van der Waals surface area contributed by atoms with Gasteiger partial charge in [-0.2, -0.15) is 0 Å². The first-order chi connectivity index (χ1) is 11.7. The molecule has 4 rings (SSSR count). The van der Waals surface area contributed by atoms with Gasteiger partial charge in [0.25, 0.3) is 0 Å². The van der Waals surface area contributed by atoms with Gasteiger partial charge in [-0.3, -0.25) is 0 Å². The van der Waals surface area contributed by atoms with Crippen molar-refractivity contribution in [1.82, 2.24) is 0 Å². The molecule has 2 heterocycles. The molecule has 0 fully saturated rings. The summed E-state index contributed by atoms with van der Waals surface area (Å²) in [6, 6.07) is 9.15. The smallest absolute Gasteiger partial charge is 0.231 e. The molecule has 0 aromatic heterocycles. The molecule has 7 heteroatoms. The molecule has 0 unspecified atom stereocenters. The Hall–Kier alpha value is -1.87. The van der Waals surface area contributed by atoms with E-state index in [1.807, 2.05) is 12.1 Å². The first-order valence-corrected chi connectivity index (χ1v) is 8.48. The zero-order chi connectivity index (χ0) is 16.7. The average Bonchev–Trinajstić information content (AvgIpc) is 3.05. The van der Waals surface area contributed by atoms with E-state index in [-0.39, 0.29) is 13.4 Å². The summed E-state index contributed by atoms with van der Waals surface area (Å²) < 4.78 is 28.7. The van der Waals surface area contributed by atoms with Gasteiger partial charge in [-0.1, -0.05) is 0 Å². The van der Waals surface area contributed by atoms with Gasteiger partial charge in [-0.15, -0.1) is 0 Å². The predicted octanol–water partition coefficient (Wildman–Crippen LogP) is 2.90. The average molecular weight is 442 g/mol. The summed E-state index contributed by atoms with van der Waals surface area (Å²) in [6.07, 6.45) is -1.36. The summed E-state index contributed by atoms with van der Waals surface area (Å²) in [5.74, 6) is 3.23. The first-order valence-electron chi connectivity index (χ1n) is 7.40. The van der Waals surface area contributed by atoms with Crippen LogP contribution in [0.3, 0.4) is 0 Å². The van der Waals surface area contributed by atoms with E-state index in [0.717, 1.165) is 9.13 Å². The molecule has 6 nitrogen and oxygen atoms in total. The van der Waals surface area contributed by atoms with Crippen LogP contribution in [-0.4, -0.2) is 31.7 Å². The molecule has 2 aromatic rings. The number of ether oxygens (including phenoxy) is 5. The van der Waals surface area contributed by atoms with Crippen molar-refractivity contribution in [1.29, 1.82) is 0 Å². The number of hydrogen-bond donors (Lipinski definition) is 1. The van der Waals surface area contributed by atoms with E-state index in [0.29, 0.717) is 28.7 Å². The largest absolute Gasteiger partial charge is 0.497 e. The maximum absolute atomic E-state index is 10.4. The molecule has 0 spiro atoms. The number of methoxy groups -OCH3 is 1. The number of aliphatic hydroxyl groups is 1. The van der Waals surface area contributed by atoms with Crippen LogP contribution in [0.15, 0.2) is 30.3 Å². The zero-order valence-electron chi connectivity index (χ0n) is 12.8. The van der Waals surface area contributed by atoms with Gasteiger partial charge in [0.2, 0.25) is 6.79 Å². The number of benzene rings is 2. The lowest BCUT2D eigenvalue weighted by Gasteiger charge is -2.31. The summed E-state index contributed by atoms with van der Waals surface area (Å²) in [6.45, 7) is 0.331. The highest BCUT2D eigenvalue weighted by Gasteiger charge is 2.34. The van der Waals surface area contributed by atoms with E-state index in [1.54, 1.807) is 25.3 Å². The third kappa shape index (κ3) is 2.71. The van der Waals surface area contributed by atoms with E-state index in [1.165, 1.54) is 0 Å². The SMILES string of the molecule is COc1ccc(I)c(O[C@@H]2c3cc4c(cc3OC[C@@H]2O)OCO4)c1. The fraction of sp³-hybridized carbons (Fsp3) is 0.294. The number of aliphatic hydroxyl groups excluding tert-OH is 1. The maximum atomic E-state index is 10.4. The molecular formula is C17H15IO6. The first kappa shape index (κ1) is 15.6. The minimum absolute atomic E-state index is 0.151. The standard InChI is InChI=1S/C17H15IO6/c1-20-9-2-3-11(18)14(4-9)24-17-10-5-15-16(23-8-22-15)6-13(10)21-7-12(17)19/h2-6,12,17,19H,7-8H2,1H3/t12-,17+/m0/s1. The molecular weight excluding hydrogens is 427 g/mol. The third-order valence-corrected chi connectivity index (χ3v) is 4.85. The lowest BCUT2D eigenvalue weighted by Crippen LogP contribution is -2.34. The zero-order valence-corrected chi connectivity index (χ0v) is 15.0. The highest BCUT2D eigenvalue weighted by Crippen LogP contribution is 2.44. The van der Waals surface area contributed by atoms with Crippen molar-refractivity contribution in [2.24, 2.45) is 0 Å². The van der Waals surface area contributed by atoms with E-state index < -0.39 is 12.2 Å². The summed E-state index contributed by atoms with van der Waals surface area (Å²) in [5.41, 5.74) is 0.733. The Morgan fingerprint density at radius 2 is 1.88 bits per heavy atom. The molecule has 24 heavy (non-hydrogen) atoms. The molecule has 2 aliphatic heterocycles. The summed E-state index contributed by atoms with van der Waals surface area (Å²) >= 11 is 2.19. The van der Waals surface area contributed by atoms with Gasteiger partial charge in [0.15, 0.2) is 17.6 Å². The van der Waals surface area contributed by atoms with Crippen molar-refractivity contribution in [3.63, 3.8) is 0 Å². The molecule has 0 saturated carbocycles. The van der Waals surface area contributed by atoms with Crippen molar-refractivity contribution < 1.29 is 28.8 Å². The Labute approximate surface area is 152 Å². The van der Waals surface area contributed by atoms with Crippen molar-refractivity contribution in [2.45, 2.75) is 12.2 Å². The van der Waals surface area contributed by atoms with E-state index in [9.17, 15) is 5.11 Å². The topological polar surface area (TPSA) is 66.4 Å². The van der Waals surface area contributed by atoms with Crippen LogP contribution in [0.4, 0.5) is 0 Å². The Balaban J connectivity index is 1.71. The summed E-state index contributed by atoms with van der Waals surface area (Å²) in [4.78, 5) is 0. The molecule has 0 radical (unpaired) electrons. The van der Waals surface area contributed by atoms with Crippen LogP contribution in [-0.2, 0) is 0 Å². The van der Waals surface area contributed by atoms with Gasteiger partial charge in [0, 0.05) is 17.7 Å². The van der Waals surface area contributed by atoms with E-state index in [4.69, 9.17) is 23.7 Å². The number of halogens is 1. The number of rotatable bonds is 3. The van der Waals surface area contributed by atoms with Crippen LogP contribution in [0, 0.1) is 3.57 Å². The molecule has 0 amide bonds. The summed E-state index contributed by atoms with van der Waals surface area (Å²) in [5, 5.41) is 10.4. The number of fused-ring (bicyclic) bond motifs is 2. The molecule has 0 saturated heterocycles. The molecule has 0 bridgehead atoms. The fourth-order valence-corrected chi connectivity index (χ4v) is 3.20. The molecule has 0 aliphatic carbocycles. The third-order valence-electron chi connectivity index (χ3n) is 3.96. The highest BCUT2D eigenvalue weighted by atomic mass is 127. The second kappa shape index (κ2) is 6.21. The minimum atomic E-state index is -0.792. The van der Waals surface area contributed by atoms with Gasteiger partial charge in [0.1, 0.15) is 30.0 Å². The van der Waals surface area contributed by atoms with Crippen molar-refractivity contribution in [3.05, 3.63) is 39.5 Å². The summed E-state index contributed by atoms with van der Waals surface area (Å²) in [7, 11) is 1.60. The van der Waals surface area contributed by atoms with Crippen molar-refractivity contribution >= 4 is 22.6 Å². The van der Waals surface area contributed by atoms with Crippen molar-refractivity contribution in [3.8, 4) is 28.7 Å². The highest BCUT2D eigenvalue weighted by molar-refractivity contribution is 14.1. The predicted molar refractivity (Wildman–Crippen MR) is 93.1 cm³/mol. The molecule has 2 aliphatic rings. The molecule has 126 valence electrons. The molecule has 2 aromatic carbocycles. The van der Waals surface area contributed by atoms with Crippen LogP contribution < -0.4 is 23.7 Å². The Kier molecular flexibility index (Phi) is 4.05. The van der Waals surface area contributed by atoms with Crippen molar-refractivity contribution in [2.75, 3.05) is 20.5 Å². The van der Waals surface area contributed by atoms with Gasteiger partial charge in [-0.05, 0) is 40.8 Å². The maximum Gasteiger partial charge on any atom is 0.231 e. The van der Waals surface area contributed by atoms with Gasteiger partial charge >= 0.3 is 0 Å². The van der Waals surface area contributed by atoms with Crippen LogP contribution >= 0.6 is 22.6 Å². The second-order valence-electron chi connectivity index (χ2n) is 5.46. The van der Waals surface area contributed by atoms with Crippen LogP contribution in [0.1, 0.15) is 11.7 Å². The monoisotopic (exact) mass is 442 g/mol. The van der Waals surface area contributed by atoms with E-state index >= 15 is 0 Å². The minimum Gasteiger partial charge on any atom is -0.497 e. The van der Waals surface area contributed by atoms with E-state index in [2.05, 4.69) is 22.6 Å². The Bertz CT molecular complexity index is 778. The van der Waals surface area contributed by atoms with Gasteiger partial charge in [0.05, 0.1) is 10.7 Å². The molecule has 2 atom stereocenters. The van der Waals surface area contributed by atoms with Gasteiger partial charge < -0.3 is 28.8 Å². The van der Waals surface area contributed by atoms with Crippen LogP contribution in [0.5, 0.6) is 28.7 Å². The van der Waals surface area contributed by atoms with Gasteiger partial charge in [-0.25, -0.2) is 0 Å². The van der Waals surface area contributed by atoms with Crippen LogP contribution in [0.25, 0.3) is 0 Å². The Morgan fingerprint density at radius 3 is 2.67 bits per heavy atom. The Morgan fingerprint density at radius 1 is 1.08 bits per heavy atom. The number of hydrogen-bond acceptors (Lipinski definition) is 6. The second-order valence-corrected chi connectivity index (χ2v) is 6.62. The lowest BCUT2D eigenvalue weighted by atomic mass is 10.00. The fourth-order valence-electron chi connectivity index (χ4n) is 2.74. The lowest BCUT2D eigenvalue weighted by molar-refractivity contribution is -0.0125. The normalized spacial score (nSPS) is 21.0. The van der Waals surface area contributed by atoms with Crippen LogP contribution in [0.2, 0.25) is 0 Å².